The Hall–Kier alpha value is -4.37. The number of fused-ring (bicyclic) bond motifs is 1. The van der Waals surface area contributed by atoms with Gasteiger partial charge in [0.25, 0.3) is 5.91 Å². The molecule has 9 heteroatoms. The molecule has 1 fully saturated rings. The molecule has 5 rings (SSSR count). The predicted octanol–water partition coefficient (Wildman–Crippen LogP) is 3.76. The zero-order valence-corrected chi connectivity index (χ0v) is 20.6. The van der Waals surface area contributed by atoms with E-state index in [1.54, 1.807) is 23.5 Å². The number of carbonyl (C=O) groups is 3. The van der Waals surface area contributed by atoms with Crippen LogP contribution in [0.5, 0.6) is 5.75 Å². The molecule has 1 aromatic heterocycles. The van der Waals surface area contributed by atoms with Crippen molar-refractivity contribution in [3.05, 3.63) is 101 Å². The fourth-order valence-electron chi connectivity index (χ4n) is 3.95. The lowest BCUT2D eigenvalue weighted by Crippen LogP contribution is -2.72. The summed E-state index contributed by atoms with van der Waals surface area (Å²) in [5.74, 6) is -0.298. The van der Waals surface area contributed by atoms with Gasteiger partial charge in [-0.2, -0.15) is 0 Å². The largest absolute Gasteiger partial charge is 0.468 e. The molecule has 0 radical (unpaired) electrons. The monoisotopic (exact) mass is 515 g/mol. The molecule has 3 aromatic carbocycles. The third-order valence-electron chi connectivity index (χ3n) is 5.88. The fourth-order valence-corrected chi connectivity index (χ4v) is 5.06. The van der Waals surface area contributed by atoms with Gasteiger partial charge in [0, 0.05) is 16.0 Å². The second-order valence-corrected chi connectivity index (χ2v) is 9.73. The zero-order valence-electron chi connectivity index (χ0n) is 19.8. The molecule has 4 aromatic rings. The molecular formula is C28H25N3O5S. The van der Waals surface area contributed by atoms with E-state index in [4.69, 9.17) is 9.47 Å². The molecule has 8 nitrogen and oxygen atoms in total. The van der Waals surface area contributed by atoms with E-state index in [0.29, 0.717) is 5.75 Å². The molecule has 0 unspecified atom stereocenters. The Morgan fingerprint density at radius 2 is 1.65 bits per heavy atom. The van der Waals surface area contributed by atoms with Crippen LogP contribution < -0.4 is 20.7 Å². The molecule has 2 heterocycles. The normalized spacial score (nSPS) is 17.2. The Balaban J connectivity index is 1.27. The van der Waals surface area contributed by atoms with Gasteiger partial charge in [0.1, 0.15) is 18.4 Å². The average molecular weight is 516 g/mol. The zero-order chi connectivity index (χ0) is 25.6. The third kappa shape index (κ3) is 6.07. The molecule has 3 N–H and O–H groups in total. The highest BCUT2D eigenvalue weighted by Crippen LogP contribution is 2.26. The maximum absolute atomic E-state index is 13.3. The molecule has 3 amide bonds. The van der Waals surface area contributed by atoms with Crippen LogP contribution in [-0.2, 0) is 27.4 Å². The van der Waals surface area contributed by atoms with Crippen molar-refractivity contribution in [2.45, 2.75) is 31.3 Å². The van der Waals surface area contributed by atoms with Gasteiger partial charge >= 0.3 is 6.09 Å². The quantitative estimate of drug-likeness (QED) is 0.295. The molecule has 188 valence electrons. The van der Waals surface area contributed by atoms with Gasteiger partial charge in [0.15, 0.2) is 6.04 Å². The van der Waals surface area contributed by atoms with E-state index >= 15 is 0 Å². The minimum Gasteiger partial charge on any atom is -0.468 e. The first-order valence-electron chi connectivity index (χ1n) is 11.8. The SMILES string of the molecule is O=C(N[C@@H](Cc1cc2ccccc2s1)C(=O)N[C@@H]1C(=O)N[C@H]1Oc1ccccc1)OCc1ccccc1. The molecule has 1 aliphatic rings. The van der Waals surface area contributed by atoms with Crippen molar-refractivity contribution in [3.63, 3.8) is 0 Å². The summed E-state index contributed by atoms with van der Waals surface area (Å²) < 4.78 is 12.2. The van der Waals surface area contributed by atoms with Gasteiger partial charge < -0.3 is 25.4 Å². The topological polar surface area (TPSA) is 106 Å². The van der Waals surface area contributed by atoms with E-state index in [1.165, 1.54) is 0 Å². The van der Waals surface area contributed by atoms with Gasteiger partial charge in [-0.3, -0.25) is 9.59 Å². The molecule has 1 aliphatic heterocycles. The van der Waals surface area contributed by atoms with Crippen molar-refractivity contribution in [3.8, 4) is 5.75 Å². The lowest BCUT2D eigenvalue weighted by molar-refractivity contribution is -0.143. The van der Waals surface area contributed by atoms with Crippen molar-refractivity contribution in [2.75, 3.05) is 0 Å². The van der Waals surface area contributed by atoms with Crippen LogP contribution >= 0.6 is 11.3 Å². The van der Waals surface area contributed by atoms with Crippen LogP contribution in [0.1, 0.15) is 10.4 Å². The van der Waals surface area contributed by atoms with Crippen LogP contribution in [0.3, 0.4) is 0 Å². The second kappa shape index (κ2) is 11.1. The minimum atomic E-state index is -0.956. The average Bonchev–Trinajstić information content (AvgIpc) is 3.33. The Morgan fingerprint density at radius 1 is 0.946 bits per heavy atom. The van der Waals surface area contributed by atoms with Gasteiger partial charge in [0.05, 0.1) is 0 Å². The van der Waals surface area contributed by atoms with Crippen molar-refractivity contribution < 1.29 is 23.9 Å². The highest BCUT2D eigenvalue weighted by Gasteiger charge is 2.43. The summed E-state index contributed by atoms with van der Waals surface area (Å²) in [6.45, 7) is 0.0713. The summed E-state index contributed by atoms with van der Waals surface area (Å²) in [5, 5.41) is 9.11. The van der Waals surface area contributed by atoms with E-state index in [-0.39, 0.29) is 18.9 Å². The highest BCUT2D eigenvalue weighted by molar-refractivity contribution is 7.19. The van der Waals surface area contributed by atoms with Gasteiger partial charge in [-0.05, 0) is 35.2 Å². The van der Waals surface area contributed by atoms with E-state index in [9.17, 15) is 14.4 Å². The van der Waals surface area contributed by atoms with Crippen LogP contribution in [0.25, 0.3) is 10.1 Å². The first-order chi connectivity index (χ1) is 18.0. The van der Waals surface area contributed by atoms with Crippen molar-refractivity contribution >= 4 is 39.3 Å². The van der Waals surface area contributed by atoms with E-state index in [1.807, 2.05) is 78.9 Å². The number of para-hydroxylation sites is 1. The number of ether oxygens (including phenoxy) is 2. The number of rotatable bonds is 9. The number of hydrogen-bond donors (Lipinski definition) is 3. The lowest BCUT2D eigenvalue weighted by atomic mass is 10.1. The second-order valence-electron chi connectivity index (χ2n) is 8.56. The maximum Gasteiger partial charge on any atom is 0.408 e. The van der Waals surface area contributed by atoms with Crippen molar-refractivity contribution in [1.82, 2.24) is 16.0 Å². The summed E-state index contributed by atoms with van der Waals surface area (Å²) in [6, 6.07) is 26.3. The predicted molar refractivity (Wildman–Crippen MR) is 140 cm³/mol. The van der Waals surface area contributed by atoms with Crippen LogP contribution in [0.2, 0.25) is 0 Å². The number of amides is 3. The lowest BCUT2D eigenvalue weighted by Gasteiger charge is -2.37. The van der Waals surface area contributed by atoms with Gasteiger partial charge in [0.2, 0.25) is 12.1 Å². The molecule has 0 bridgehead atoms. The summed E-state index contributed by atoms with van der Waals surface area (Å²) in [7, 11) is 0. The molecule has 0 spiro atoms. The van der Waals surface area contributed by atoms with Crippen molar-refractivity contribution in [2.24, 2.45) is 0 Å². The Bertz CT molecular complexity index is 1360. The standard InChI is InChI=1S/C28H25N3O5S/c32-25(30-24-26(33)31-27(24)36-20-12-5-2-6-13-20)22(16-21-15-19-11-7-8-14-23(19)37-21)29-28(34)35-17-18-9-3-1-4-10-18/h1-15,22,24,27H,16-17H2,(H,29,34)(H,30,32)(H,31,33)/t22-,24+,27-/m0/s1. The van der Waals surface area contributed by atoms with E-state index in [2.05, 4.69) is 16.0 Å². The maximum atomic E-state index is 13.3. The van der Waals surface area contributed by atoms with Crippen LogP contribution in [-0.4, -0.2) is 36.2 Å². The summed E-state index contributed by atoms with van der Waals surface area (Å²) >= 11 is 1.55. The molecular weight excluding hydrogens is 490 g/mol. The number of carbonyl (C=O) groups excluding carboxylic acids is 3. The van der Waals surface area contributed by atoms with E-state index < -0.39 is 30.3 Å². The first kappa shape index (κ1) is 24.3. The molecule has 0 saturated carbocycles. The number of thiophene rings is 1. The smallest absolute Gasteiger partial charge is 0.408 e. The number of β-lactam (4-membered cyclic amide) rings is 1. The number of alkyl carbamates (subject to hydrolysis) is 1. The minimum absolute atomic E-state index is 0.0713. The molecule has 1 saturated heterocycles. The van der Waals surface area contributed by atoms with Crippen LogP contribution in [0.15, 0.2) is 91.0 Å². The van der Waals surface area contributed by atoms with Crippen LogP contribution in [0, 0.1) is 0 Å². The number of benzene rings is 3. The third-order valence-corrected chi connectivity index (χ3v) is 7.02. The first-order valence-corrected chi connectivity index (χ1v) is 12.6. The Labute approximate surface area is 217 Å². The van der Waals surface area contributed by atoms with Gasteiger partial charge in [-0.15, -0.1) is 11.3 Å². The molecule has 0 aliphatic carbocycles. The Morgan fingerprint density at radius 3 is 2.38 bits per heavy atom. The van der Waals surface area contributed by atoms with E-state index in [0.717, 1.165) is 20.5 Å². The number of hydrogen-bond acceptors (Lipinski definition) is 6. The van der Waals surface area contributed by atoms with Crippen molar-refractivity contribution in [1.29, 1.82) is 0 Å². The summed E-state index contributed by atoms with van der Waals surface area (Å²) in [4.78, 5) is 39.1. The Kier molecular flexibility index (Phi) is 7.32. The highest BCUT2D eigenvalue weighted by atomic mass is 32.1. The summed E-state index contributed by atoms with van der Waals surface area (Å²) in [5.41, 5.74) is 0.829. The molecule has 3 atom stereocenters. The fraction of sp³-hybridized carbons (Fsp3) is 0.179. The van der Waals surface area contributed by atoms with Gasteiger partial charge in [-0.25, -0.2) is 4.79 Å². The van der Waals surface area contributed by atoms with Crippen LogP contribution in [0.4, 0.5) is 4.79 Å². The number of nitrogens with one attached hydrogen (secondary N) is 3. The molecule has 37 heavy (non-hydrogen) atoms. The summed E-state index contributed by atoms with van der Waals surface area (Å²) in [6.07, 6.45) is -1.20. The van der Waals surface area contributed by atoms with Gasteiger partial charge in [-0.1, -0.05) is 66.7 Å².